The normalized spacial score (nSPS) is 13.1. The van der Waals surface area contributed by atoms with E-state index in [-0.39, 0.29) is 10.9 Å². The number of nitrogens with one attached hydrogen (secondary N) is 1. The summed E-state index contributed by atoms with van der Waals surface area (Å²) in [6.07, 6.45) is 0.580. The summed E-state index contributed by atoms with van der Waals surface area (Å²) in [6, 6.07) is 12.6. The van der Waals surface area contributed by atoms with Gasteiger partial charge in [-0.25, -0.2) is 17.5 Å². The second-order valence-electron chi connectivity index (χ2n) is 4.92. The van der Waals surface area contributed by atoms with Crippen molar-refractivity contribution in [2.24, 2.45) is 0 Å². The largest absolute Gasteiger partial charge is 0.244 e. The van der Waals surface area contributed by atoms with Gasteiger partial charge < -0.3 is 0 Å². The predicted octanol–water partition coefficient (Wildman–Crippen LogP) is 3.56. The molecule has 1 N–H and O–H groups in total. The van der Waals surface area contributed by atoms with Crippen LogP contribution in [0.2, 0.25) is 0 Å². The van der Waals surface area contributed by atoms with Gasteiger partial charge in [0.05, 0.1) is 0 Å². The van der Waals surface area contributed by atoms with Crippen LogP contribution in [0.1, 0.15) is 30.5 Å². The summed E-state index contributed by atoms with van der Waals surface area (Å²) in [5, 5.41) is 0. The van der Waals surface area contributed by atoms with Crippen LogP contribution in [0.4, 0.5) is 4.39 Å². The molecule has 0 aliphatic rings. The van der Waals surface area contributed by atoms with Crippen molar-refractivity contribution in [3.8, 4) is 0 Å². The topological polar surface area (TPSA) is 46.2 Å². The fourth-order valence-corrected chi connectivity index (χ4v) is 3.49. The van der Waals surface area contributed by atoms with Crippen molar-refractivity contribution in [1.82, 2.24) is 4.72 Å². The van der Waals surface area contributed by atoms with E-state index in [9.17, 15) is 12.8 Å². The smallest absolute Gasteiger partial charge is 0.207 e. The van der Waals surface area contributed by atoms with E-state index in [1.807, 2.05) is 38.1 Å². The average Bonchev–Trinajstić information content (AvgIpc) is 2.46. The molecule has 0 radical (unpaired) electrons. The minimum atomic E-state index is -3.89. The highest BCUT2D eigenvalue weighted by molar-refractivity contribution is 7.89. The van der Waals surface area contributed by atoms with Crippen molar-refractivity contribution in [3.63, 3.8) is 0 Å². The molecule has 5 heteroatoms. The molecule has 0 heterocycles. The van der Waals surface area contributed by atoms with Crippen molar-refractivity contribution < 1.29 is 12.8 Å². The second-order valence-corrected chi connectivity index (χ2v) is 6.61. The fourth-order valence-electron chi connectivity index (χ4n) is 2.10. The molecule has 0 aliphatic carbocycles. The van der Waals surface area contributed by atoms with Gasteiger partial charge in [0.2, 0.25) is 10.0 Å². The number of halogens is 1. The molecule has 0 spiro atoms. The maximum atomic E-state index is 13.7. The molecule has 1 atom stereocenters. The van der Waals surface area contributed by atoms with Gasteiger partial charge in [-0.05, 0) is 31.0 Å². The molecule has 2 aromatic carbocycles. The molecule has 0 saturated heterocycles. The Kier molecular flexibility index (Phi) is 4.75. The molecule has 0 aliphatic heterocycles. The van der Waals surface area contributed by atoms with E-state index in [2.05, 4.69) is 4.72 Å². The van der Waals surface area contributed by atoms with Gasteiger partial charge in [0.25, 0.3) is 0 Å². The number of rotatable bonds is 5. The van der Waals surface area contributed by atoms with Crippen molar-refractivity contribution >= 4 is 10.0 Å². The quantitative estimate of drug-likeness (QED) is 0.918. The van der Waals surface area contributed by atoms with Crippen molar-refractivity contribution in [3.05, 3.63) is 65.5 Å². The van der Waals surface area contributed by atoms with Crippen LogP contribution in [-0.4, -0.2) is 8.42 Å². The van der Waals surface area contributed by atoms with Crippen LogP contribution in [0, 0.1) is 12.7 Å². The minimum Gasteiger partial charge on any atom is -0.207 e. The van der Waals surface area contributed by atoms with Crippen LogP contribution in [0.5, 0.6) is 0 Å². The molecule has 2 aromatic rings. The zero-order chi connectivity index (χ0) is 15.5. The Hall–Kier alpha value is -1.72. The van der Waals surface area contributed by atoms with Gasteiger partial charge >= 0.3 is 0 Å². The highest BCUT2D eigenvalue weighted by atomic mass is 32.2. The van der Waals surface area contributed by atoms with Crippen molar-refractivity contribution in [2.75, 3.05) is 0 Å². The van der Waals surface area contributed by atoms with E-state index in [0.717, 1.165) is 17.2 Å². The van der Waals surface area contributed by atoms with Crippen LogP contribution >= 0.6 is 0 Å². The lowest BCUT2D eigenvalue weighted by molar-refractivity contribution is 0.535. The van der Waals surface area contributed by atoms with E-state index < -0.39 is 15.8 Å². The molecule has 112 valence electrons. The van der Waals surface area contributed by atoms with Gasteiger partial charge in [-0.3, -0.25) is 0 Å². The van der Waals surface area contributed by atoms with Crippen LogP contribution < -0.4 is 4.72 Å². The first-order chi connectivity index (χ1) is 9.94. The molecule has 3 nitrogen and oxygen atoms in total. The molecule has 21 heavy (non-hydrogen) atoms. The molecular formula is C16H18FNO2S. The molecule has 1 unspecified atom stereocenters. The highest BCUT2D eigenvalue weighted by Crippen LogP contribution is 2.21. The average molecular weight is 307 g/mol. The van der Waals surface area contributed by atoms with Gasteiger partial charge in [-0.1, -0.05) is 48.9 Å². The first-order valence-corrected chi connectivity index (χ1v) is 8.26. The number of hydrogen-bond acceptors (Lipinski definition) is 2. The maximum Gasteiger partial charge on any atom is 0.244 e. The van der Waals surface area contributed by atoms with Crippen LogP contribution in [0.25, 0.3) is 0 Å². The first-order valence-electron chi connectivity index (χ1n) is 6.77. The Bertz CT molecular complexity index is 711. The molecule has 0 saturated carbocycles. The van der Waals surface area contributed by atoms with Crippen LogP contribution in [0.3, 0.4) is 0 Å². The third kappa shape index (κ3) is 3.68. The van der Waals surface area contributed by atoms with Crippen LogP contribution in [0.15, 0.2) is 53.4 Å². The van der Waals surface area contributed by atoms with Gasteiger partial charge in [0, 0.05) is 6.04 Å². The van der Waals surface area contributed by atoms with Crippen molar-refractivity contribution in [1.29, 1.82) is 0 Å². The Morgan fingerprint density at radius 1 is 1.10 bits per heavy atom. The standard InChI is InChI=1S/C16H18FNO2S/c1-3-15(13-10-8-12(2)9-11-13)18-21(19,20)16-7-5-4-6-14(16)17/h4-11,15,18H,3H2,1-2H3. The predicted molar refractivity (Wildman–Crippen MR) is 80.9 cm³/mol. The third-order valence-electron chi connectivity index (χ3n) is 3.31. The number of sulfonamides is 1. The van der Waals surface area contributed by atoms with E-state index >= 15 is 0 Å². The number of hydrogen-bond donors (Lipinski definition) is 1. The lowest BCUT2D eigenvalue weighted by Crippen LogP contribution is -2.29. The summed E-state index contributed by atoms with van der Waals surface area (Å²) < 4.78 is 40.9. The Morgan fingerprint density at radius 2 is 1.71 bits per heavy atom. The summed E-state index contributed by atoms with van der Waals surface area (Å²) in [7, 11) is -3.89. The number of aryl methyl sites for hydroxylation is 1. The van der Waals surface area contributed by atoms with E-state index in [1.54, 1.807) is 0 Å². The van der Waals surface area contributed by atoms with Crippen molar-refractivity contribution in [2.45, 2.75) is 31.2 Å². The monoisotopic (exact) mass is 307 g/mol. The molecule has 0 aromatic heterocycles. The SMILES string of the molecule is CCC(NS(=O)(=O)c1ccccc1F)c1ccc(C)cc1. The Labute approximate surface area is 124 Å². The lowest BCUT2D eigenvalue weighted by Gasteiger charge is -2.18. The van der Waals surface area contributed by atoms with Gasteiger partial charge in [-0.2, -0.15) is 0 Å². The van der Waals surface area contributed by atoms with E-state index in [1.165, 1.54) is 18.2 Å². The third-order valence-corrected chi connectivity index (χ3v) is 4.82. The van der Waals surface area contributed by atoms with E-state index in [0.29, 0.717) is 6.42 Å². The Morgan fingerprint density at radius 3 is 2.29 bits per heavy atom. The molecule has 0 fully saturated rings. The fraction of sp³-hybridized carbons (Fsp3) is 0.250. The van der Waals surface area contributed by atoms with Gasteiger partial charge in [-0.15, -0.1) is 0 Å². The first kappa shape index (κ1) is 15.7. The lowest BCUT2D eigenvalue weighted by atomic mass is 10.0. The zero-order valence-corrected chi connectivity index (χ0v) is 12.8. The molecule has 2 rings (SSSR count). The number of benzene rings is 2. The van der Waals surface area contributed by atoms with Gasteiger partial charge in [0.1, 0.15) is 10.7 Å². The molecule has 0 bridgehead atoms. The summed E-state index contributed by atoms with van der Waals surface area (Å²) >= 11 is 0. The molecule has 0 amide bonds. The van der Waals surface area contributed by atoms with Crippen LogP contribution in [-0.2, 0) is 10.0 Å². The summed E-state index contributed by atoms with van der Waals surface area (Å²) in [5.41, 5.74) is 1.97. The maximum absolute atomic E-state index is 13.7. The zero-order valence-electron chi connectivity index (χ0n) is 12.0. The highest BCUT2D eigenvalue weighted by Gasteiger charge is 2.22. The van der Waals surface area contributed by atoms with E-state index in [4.69, 9.17) is 0 Å². The molecular weight excluding hydrogens is 289 g/mol. The Balaban J connectivity index is 2.30. The van der Waals surface area contributed by atoms with Gasteiger partial charge in [0.15, 0.2) is 0 Å². The summed E-state index contributed by atoms with van der Waals surface area (Å²) in [5.74, 6) is -0.747. The second kappa shape index (κ2) is 6.37. The minimum absolute atomic E-state index is 0.324. The summed E-state index contributed by atoms with van der Waals surface area (Å²) in [6.45, 7) is 3.85. The summed E-state index contributed by atoms with van der Waals surface area (Å²) in [4.78, 5) is -0.324.